The van der Waals surface area contributed by atoms with Gasteiger partial charge in [-0.2, -0.15) is 13.2 Å². The van der Waals surface area contributed by atoms with Crippen molar-refractivity contribution in [3.63, 3.8) is 0 Å². The van der Waals surface area contributed by atoms with Gasteiger partial charge >= 0.3 is 6.18 Å². The number of benzene rings is 1. The minimum Gasteiger partial charge on any atom is -0.493 e. The third-order valence-corrected chi connectivity index (χ3v) is 2.63. The highest BCUT2D eigenvalue weighted by atomic mass is 19.4. The van der Waals surface area contributed by atoms with Gasteiger partial charge < -0.3 is 4.74 Å². The maximum absolute atomic E-state index is 13.0. The number of hydrogen-bond acceptors (Lipinski definition) is 2. The van der Waals surface area contributed by atoms with Gasteiger partial charge in [-0.1, -0.05) is 6.92 Å². The van der Waals surface area contributed by atoms with Gasteiger partial charge in [0.05, 0.1) is 17.7 Å². The summed E-state index contributed by atoms with van der Waals surface area (Å²) >= 11 is 0. The molecule has 0 radical (unpaired) electrons. The second-order valence-corrected chi connectivity index (χ2v) is 3.91. The molecule has 0 heterocycles. The Bertz CT molecular complexity index is 494. The topological polar surface area (TPSA) is 26.3 Å². The van der Waals surface area contributed by atoms with E-state index in [1.165, 1.54) is 13.8 Å². The second kappa shape index (κ2) is 6.19. The molecular formula is C13H13F5O2. The zero-order valence-corrected chi connectivity index (χ0v) is 10.9. The van der Waals surface area contributed by atoms with Crippen LogP contribution in [-0.2, 0) is 6.18 Å². The smallest absolute Gasteiger partial charge is 0.417 e. The number of hydrogen-bond donors (Lipinski definition) is 0. The highest BCUT2D eigenvalue weighted by Gasteiger charge is 2.41. The van der Waals surface area contributed by atoms with Crippen LogP contribution in [0.5, 0.6) is 5.75 Å². The molecule has 1 aromatic carbocycles. The van der Waals surface area contributed by atoms with Crippen molar-refractivity contribution >= 4 is 5.78 Å². The number of alkyl halides is 5. The van der Waals surface area contributed by atoms with Crippen molar-refractivity contribution in [1.29, 1.82) is 0 Å². The van der Waals surface area contributed by atoms with E-state index in [1.807, 2.05) is 0 Å². The Labute approximate surface area is 112 Å². The average Bonchev–Trinajstić information content (AvgIpc) is 2.36. The highest BCUT2D eigenvalue weighted by molar-refractivity contribution is 5.98. The number of halogens is 5. The lowest BCUT2D eigenvalue weighted by Gasteiger charge is -2.19. The summed E-state index contributed by atoms with van der Waals surface area (Å²) in [7, 11) is 0. The van der Waals surface area contributed by atoms with Crippen LogP contribution < -0.4 is 4.74 Å². The molecule has 0 amide bonds. The number of ketones is 1. The lowest BCUT2D eigenvalue weighted by atomic mass is 9.95. The molecule has 7 heteroatoms. The zero-order valence-electron chi connectivity index (χ0n) is 10.9. The van der Waals surface area contributed by atoms with E-state index in [4.69, 9.17) is 4.74 Å². The quantitative estimate of drug-likeness (QED) is 0.584. The van der Waals surface area contributed by atoms with Gasteiger partial charge in [-0.15, -0.1) is 0 Å². The van der Waals surface area contributed by atoms with E-state index in [-0.39, 0.29) is 13.0 Å². The van der Waals surface area contributed by atoms with Crippen LogP contribution in [0.3, 0.4) is 0 Å². The number of Topliss-reactive ketones (excluding diaryl/α,β-unsaturated/α-hetero) is 1. The van der Waals surface area contributed by atoms with Crippen molar-refractivity contribution in [3.05, 3.63) is 28.8 Å². The summed E-state index contributed by atoms with van der Waals surface area (Å²) in [6, 6.07) is 1.86. The molecule has 2 nitrogen and oxygen atoms in total. The van der Waals surface area contributed by atoms with Crippen LogP contribution >= 0.6 is 0 Å². The molecule has 0 aliphatic rings. The van der Waals surface area contributed by atoms with Crippen molar-refractivity contribution < 1.29 is 31.5 Å². The van der Waals surface area contributed by atoms with Gasteiger partial charge in [0.15, 0.2) is 5.78 Å². The van der Waals surface area contributed by atoms with E-state index in [1.54, 1.807) is 0 Å². The minimum atomic E-state index is -5.06. The van der Waals surface area contributed by atoms with Gasteiger partial charge in [0.25, 0.3) is 6.43 Å². The summed E-state index contributed by atoms with van der Waals surface area (Å²) in [5.41, 5.74) is -3.64. The lowest BCUT2D eigenvalue weighted by Crippen LogP contribution is -2.17. The Hall–Kier alpha value is -1.66. The second-order valence-electron chi connectivity index (χ2n) is 3.91. The molecule has 0 aliphatic carbocycles. The fourth-order valence-corrected chi connectivity index (χ4v) is 1.83. The zero-order chi connectivity index (χ0) is 15.5. The Balaban J connectivity index is 3.66. The summed E-state index contributed by atoms with van der Waals surface area (Å²) in [5.74, 6) is -1.40. The van der Waals surface area contributed by atoms with Gasteiger partial charge in [0.1, 0.15) is 5.75 Å². The van der Waals surface area contributed by atoms with E-state index in [9.17, 15) is 26.7 Å². The maximum atomic E-state index is 13.0. The normalized spacial score (nSPS) is 11.8. The molecular weight excluding hydrogens is 283 g/mol. The Morgan fingerprint density at radius 3 is 2.25 bits per heavy atom. The standard InChI is InChI=1S/C13H13F5O2/c1-3-8(19)7-5-6-9(20-4-2)10(12(14)15)11(7)13(16,17)18/h5-6,12H,3-4H2,1-2H3. The van der Waals surface area contributed by atoms with E-state index in [0.29, 0.717) is 0 Å². The van der Waals surface area contributed by atoms with Crippen molar-refractivity contribution in [2.75, 3.05) is 6.61 Å². The molecule has 0 aliphatic heterocycles. The number of ether oxygens (including phenoxy) is 1. The first-order valence-electron chi connectivity index (χ1n) is 5.92. The first-order valence-corrected chi connectivity index (χ1v) is 5.92. The summed E-state index contributed by atoms with van der Waals surface area (Å²) in [6.07, 6.45) is -8.66. The Morgan fingerprint density at radius 1 is 1.25 bits per heavy atom. The summed E-state index contributed by atoms with van der Waals surface area (Å²) in [6.45, 7) is 2.77. The molecule has 0 spiro atoms. The molecule has 0 N–H and O–H groups in total. The van der Waals surface area contributed by atoms with E-state index in [0.717, 1.165) is 12.1 Å². The van der Waals surface area contributed by atoms with Crippen LogP contribution in [0.25, 0.3) is 0 Å². The van der Waals surface area contributed by atoms with Gasteiger partial charge in [-0.25, -0.2) is 8.78 Å². The molecule has 1 rings (SSSR count). The molecule has 0 aromatic heterocycles. The average molecular weight is 296 g/mol. The molecule has 0 saturated heterocycles. The number of rotatable bonds is 5. The van der Waals surface area contributed by atoms with E-state index < -0.39 is 40.8 Å². The summed E-state index contributed by atoms with van der Waals surface area (Å²) in [5, 5.41) is 0. The highest BCUT2D eigenvalue weighted by Crippen LogP contribution is 2.43. The molecule has 0 unspecified atom stereocenters. The van der Waals surface area contributed by atoms with Crippen molar-refractivity contribution in [1.82, 2.24) is 0 Å². The van der Waals surface area contributed by atoms with Crippen LogP contribution in [0.4, 0.5) is 22.0 Å². The monoisotopic (exact) mass is 296 g/mol. The third-order valence-electron chi connectivity index (χ3n) is 2.63. The molecule has 112 valence electrons. The Morgan fingerprint density at radius 2 is 1.85 bits per heavy atom. The molecule has 0 bridgehead atoms. The predicted octanol–water partition coefficient (Wildman–Crippen LogP) is 4.63. The Kier molecular flexibility index (Phi) is 5.08. The van der Waals surface area contributed by atoms with E-state index >= 15 is 0 Å². The van der Waals surface area contributed by atoms with Gasteiger partial charge in [-0.05, 0) is 19.1 Å². The van der Waals surface area contributed by atoms with Crippen LogP contribution in [-0.4, -0.2) is 12.4 Å². The van der Waals surface area contributed by atoms with Gasteiger partial charge in [-0.3, -0.25) is 4.79 Å². The fourth-order valence-electron chi connectivity index (χ4n) is 1.83. The molecule has 0 atom stereocenters. The van der Waals surface area contributed by atoms with Crippen molar-refractivity contribution in [2.45, 2.75) is 32.9 Å². The first kappa shape index (κ1) is 16.4. The maximum Gasteiger partial charge on any atom is 0.417 e. The SMILES string of the molecule is CCOc1ccc(C(=O)CC)c(C(F)(F)F)c1C(F)F. The predicted molar refractivity (Wildman–Crippen MR) is 62.2 cm³/mol. The van der Waals surface area contributed by atoms with Crippen LogP contribution in [0.2, 0.25) is 0 Å². The summed E-state index contributed by atoms with van der Waals surface area (Å²) < 4.78 is 69.9. The van der Waals surface area contributed by atoms with Gasteiger partial charge in [0, 0.05) is 12.0 Å². The molecule has 0 saturated carbocycles. The van der Waals surface area contributed by atoms with Crippen molar-refractivity contribution in [2.24, 2.45) is 0 Å². The van der Waals surface area contributed by atoms with Crippen LogP contribution in [0.15, 0.2) is 12.1 Å². The number of carbonyl (C=O) groups excluding carboxylic acids is 1. The van der Waals surface area contributed by atoms with Gasteiger partial charge in [0.2, 0.25) is 0 Å². The largest absolute Gasteiger partial charge is 0.493 e. The molecule has 1 aromatic rings. The van der Waals surface area contributed by atoms with Crippen molar-refractivity contribution in [3.8, 4) is 5.75 Å². The van der Waals surface area contributed by atoms with Crippen LogP contribution in [0.1, 0.15) is 48.2 Å². The van der Waals surface area contributed by atoms with Crippen LogP contribution in [0, 0.1) is 0 Å². The first-order chi connectivity index (χ1) is 9.23. The third kappa shape index (κ3) is 3.26. The number of carbonyl (C=O) groups is 1. The minimum absolute atomic E-state index is 0.0575. The lowest BCUT2D eigenvalue weighted by molar-refractivity contribution is -0.140. The molecule has 20 heavy (non-hydrogen) atoms. The molecule has 0 fully saturated rings. The van der Waals surface area contributed by atoms with E-state index in [2.05, 4.69) is 0 Å². The fraction of sp³-hybridized carbons (Fsp3) is 0.462. The summed E-state index contributed by atoms with van der Waals surface area (Å²) in [4.78, 5) is 11.5.